The van der Waals surface area contributed by atoms with Crippen LogP contribution in [0.25, 0.3) is 0 Å². The third-order valence-electron chi connectivity index (χ3n) is 3.03. The van der Waals surface area contributed by atoms with E-state index in [4.69, 9.17) is 5.73 Å². The molecular formula is C13H18F2N2OS. The Bertz CT molecular complexity index is 468. The van der Waals surface area contributed by atoms with E-state index in [1.54, 1.807) is 18.8 Å². The summed E-state index contributed by atoms with van der Waals surface area (Å²) in [5, 5.41) is 0. The molecule has 3 nitrogen and oxygen atoms in total. The average molecular weight is 288 g/mol. The van der Waals surface area contributed by atoms with Gasteiger partial charge in [-0.05, 0) is 24.8 Å². The van der Waals surface area contributed by atoms with Gasteiger partial charge >= 0.3 is 0 Å². The monoisotopic (exact) mass is 288 g/mol. The largest absolute Gasteiger partial charge is 0.396 e. The average Bonchev–Trinajstić information content (AvgIpc) is 2.39. The maximum atomic E-state index is 13.8. The summed E-state index contributed by atoms with van der Waals surface area (Å²) in [6.45, 7) is 1.93. The third kappa shape index (κ3) is 3.37. The maximum Gasteiger partial charge on any atom is 0.259 e. The quantitative estimate of drug-likeness (QED) is 0.847. The fourth-order valence-corrected chi connectivity index (χ4v) is 2.65. The Morgan fingerprint density at radius 1 is 1.47 bits per heavy atom. The Kier molecular flexibility index (Phi) is 5.60. The van der Waals surface area contributed by atoms with E-state index in [0.717, 1.165) is 12.1 Å². The van der Waals surface area contributed by atoms with Gasteiger partial charge in [0.1, 0.15) is 11.4 Å². The number of nitrogens with zero attached hydrogens (tertiary/aromatic N) is 1. The molecule has 0 saturated carbocycles. The Hall–Kier alpha value is -1.30. The Morgan fingerprint density at radius 2 is 2.11 bits per heavy atom. The highest BCUT2D eigenvalue weighted by Gasteiger charge is 2.26. The minimum absolute atomic E-state index is 0.0669. The smallest absolute Gasteiger partial charge is 0.259 e. The van der Waals surface area contributed by atoms with E-state index in [-0.39, 0.29) is 11.7 Å². The SMILES string of the molecule is CCC(CSC)N(C)C(=O)c1c(F)ccc(N)c1F. The van der Waals surface area contributed by atoms with Gasteiger partial charge in [0.2, 0.25) is 0 Å². The number of nitrogen functional groups attached to an aromatic ring is 1. The molecule has 0 spiro atoms. The molecule has 1 amide bonds. The summed E-state index contributed by atoms with van der Waals surface area (Å²) in [5.74, 6) is -1.84. The summed E-state index contributed by atoms with van der Waals surface area (Å²) >= 11 is 1.58. The summed E-state index contributed by atoms with van der Waals surface area (Å²) in [5.41, 5.74) is 4.57. The number of halogens is 2. The van der Waals surface area contributed by atoms with Crippen LogP contribution in [0.2, 0.25) is 0 Å². The first-order valence-electron chi connectivity index (χ1n) is 5.93. The summed E-state index contributed by atoms with van der Waals surface area (Å²) in [6.07, 6.45) is 2.64. The van der Waals surface area contributed by atoms with Crippen molar-refractivity contribution >= 4 is 23.4 Å². The molecule has 0 aliphatic heterocycles. The highest BCUT2D eigenvalue weighted by atomic mass is 32.2. The molecule has 106 valence electrons. The van der Waals surface area contributed by atoms with E-state index >= 15 is 0 Å². The number of amides is 1. The van der Waals surface area contributed by atoms with Gasteiger partial charge in [0.05, 0.1) is 5.69 Å². The van der Waals surface area contributed by atoms with Crippen LogP contribution in [0.5, 0.6) is 0 Å². The van der Waals surface area contributed by atoms with Crippen LogP contribution in [-0.2, 0) is 0 Å². The number of carbonyl (C=O) groups is 1. The first-order chi connectivity index (χ1) is 8.93. The van der Waals surface area contributed by atoms with E-state index in [1.165, 1.54) is 4.90 Å². The number of benzene rings is 1. The number of anilines is 1. The van der Waals surface area contributed by atoms with Gasteiger partial charge in [-0.2, -0.15) is 11.8 Å². The van der Waals surface area contributed by atoms with Gasteiger partial charge in [-0.15, -0.1) is 0 Å². The van der Waals surface area contributed by atoms with E-state index < -0.39 is 23.1 Å². The highest BCUT2D eigenvalue weighted by Crippen LogP contribution is 2.21. The van der Waals surface area contributed by atoms with Crippen LogP contribution in [0.3, 0.4) is 0 Å². The van der Waals surface area contributed by atoms with Crippen molar-refractivity contribution in [1.82, 2.24) is 4.90 Å². The number of rotatable bonds is 5. The van der Waals surface area contributed by atoms with Crippen molar-refractivity contribution in [3.63, 3.8) is 0 Å². The van der Waals surface area contributed by atoms with Crippen molar-refractivity contribution in [3.8, 4) is 0 Å². The number of hydrogen-bond donors (Lipinski definition) is 1. The van der Waals surface area contributed by atoms with Crippen molar-refractivity contribution in [2.24, 2.45) is 0 Å². The molecule has 6 heteroatoms. The van der Waals surface area contributed by atoms with Crippen LogP contribution in [0, 0.1) is 11.6 Å². The minimum Gasteiger partial charge on any atom is -0.396 e. The lowest BCUT2D eigenvalue weighted by molar-refractivity contribution is 0.0734. The molecule has 19 heavy (non-hydrogen) atoms. The second kappa shape index (κ2) is 6.75. The molecule has 1 aromatic rings. The van der Waals surface area contributed by atoms with Crippen molar-refractivity contribution in [2.75, 3.05) is 24.8 Å². The van der Waals surface area contributed by atoms with E-state index in [2.05, 4.69) is 0 Å². The first kappa shape index (κ1) is 15.8. The molecule has 1 atom stereocenters. The van der Waals surface area contributed by atoms with Crippen LogP contribution in [0.1, 0.15) is 23.7 Å². The van der Waals surface area contributed by atoms with Crippen molar-refractivity contribution in [2.45, 2.75) is 19.4 Å². The Balaban J connectivity index is 3.09. The molecule has 0 bridgehead atoms. The van der Waals surface area contributed by atoms with E-state index in [0.29, 0.717) is 12.2 Å². The van der Waals surface area contributed by atoms with Crippen molar-refractivity contribution < 1.29 is 13.6 Å². The fourth-order valence-electron chi connectivity index (χ4n) is 1.80. The predicted octanol–water partition coefficient (Wildman–Crippen LogP) is 2.76. The molecule has 0 aromatic heterocycles. The van der Waals surface area contributed by atoms with Gasteiger partial charge in [-0.1, -0.05) is 6.92 Å². The zero-order valence-corrected chi connectivity index (χ0v) is 12.1. The summed E-state index contributed by atoms with van der Waals surface area (Å²) in [4.78, 5) is 13.6. The van der Waals surface area contributed by atoms with Gasteiger partial charge in [0.25, 0.3) is 5.91 Å². The second-order valence-corrected chi connectivity index (χ2v) is 5.17. The molecule has 0 aliphatic carbocycles. The highest BCUT2D eigenvalue weighted by molar-refractivity contribution is 7.98. The van der Waals surface area contributed by atoms with Crippen molar-refractivity contribution in [1.29, 1.82) is 0 Å². The molecule has 1 rings (SSSR count). The maximum absolute atomic E-state index is 13.8. The molecule has 0 fully saturated rings. The number of carbonyl (C=O) groups excluding carboxylic acids is 1. The van der Waals surface area contributed by atoms with Crippen LogP contribution in [0.15, 0.2) is 12.1 Å². The molecule has 1 unspecified atom stereocenters. The predicted molar refractivity (Wildman–Crippen MR) is 75.3 cm³/mol. The van der Waals surface area contributed by atoms with Crippen LogP contribution < -0.4 is 5.73 Å². The fraction of sp³-hybridized carbons (Fsp3) is 0.462. The third-order valence-corrected chi connectivity index (χ3v) is 3.75. The van der Waals surface area contributed by atoms with E-state index in [1.807, 2.05) is 13.2 Å². The number of thioether (sulfide) groups is 1. The lowest BCUT2D eigenvalue weighted by Gasteiger charge is -2.27. The molecule has 0 saturated heterocycles. The lowest BCUT2D eigenvalue weighted by atomic mass is 10.1. The second-order valence-electron chi connectivity index (χ2n) is 4.26. The van der Waals surface area contributed by atoms with E-state index in [9.17, 15) is 13.6 Å². The van der Waals surface area contributed by atoms with Crippen LogP contribution >= 0.6 is 11.8 Å². The summed E-state index contributed by atoms with van der Waals surface area (Å²) in [7, 11) is 1.55. The lowest BCUT2D eigenvalue weighted by Crippen LogP contribution is -2.39. The summed E-state index contributed by atoms with van der Waals surface area (Å²) in [6, 6.07) is 2.05. The summed E-state index contributed by atoms with van der Waals surface area (Å²) < 4.78 is 27.5. The molecule has 2 N–H and O–H groups in total. The zero-order chi connectivity index (χ0) is 14.6. The molecule has 0 heterocycles. The Morgan fingerprint density at radius 3 is 2.63 bits per heavy atom. The van der Waals surface area contributed by atoms with Gasteiger partial charge in [-0.25, -0.2) is 8.78 Å². The molecule has 0 radical (unpaired) electrons. The number of hydrogen-bond acceptors (Lipinski definition) is 3. The zero-order valence-electron chi connectivity index (χ0n) is 11.2. The Labute approximate surface area is 116 Å². The topological polar surface area (TPSA) is 46.3 Å². The normalized spacial score (nSPS) is 12.3. The first-order valence-corrected chi connectivity index (χ1v) is 7.32. The van der Waals surface area contributed by atoms with Gasteiger partial charge < -0.3 is 10.6 Å². The van der Waals surface area contributed by atoms with Gasteiger partial charge in [-0.3, -0.25) is 4.79 Å². The molecule has 1 aromatic carbocycles. The van der Waals surface area contributed by atoms with Crippen molar-refractivity contribution in [3.05, 3.63) is 29.3 Å². The molecule has 0 aliphatic rings. The van der Waals surface area contributed by atoms with Crippen LogP contribution in [-0.4, -0.2) is 35.9 Å². The van der Waals surface area contributed by atoms with Gasteiger partial charge in [0.15, 0.2) is 5.82 Å². The molecular weight excluding hydrogens is 270 g/mol. The van der Waals surface area contributed by atoms with Crippen LogP contribution in [0.4, 0.5) is 14.5 Å². The minimum atomic E-state index is -0.990. The standard InChI is InChI=1S/C13H18F2N2OS/c1-4-8(7-19-3)17(2)13(18)11-9(14)5-6-10(16)12(11)15/h5-6,8H,4,7,16H2,1-3H3. The van der Waals surface area contributed by atoms with Gasteiger partial charge in [0, 0.05) is 18.8 Å². The number of nitrogens with two attached hydrogens (primary N) is 1.